The molecule has 18 heavy (non-hydrogen) atoms. The smallest absolute Gasteiger partial charge is 0.0236 e. The highest BCUT2D eigenvalue weighted by molar-refractivity contribution is 5.66. The Labute approximate surface area is 112 Å². The lowest BCUT2D eigenvalue weighted by molar-refractivity contribution is 0.382. The predicted molar refractivity (Wildman–Crippen MR) is 79.6 cm³/mol. The highest BCUT2D eigenvalue weighted by atomic mass is 15.1. The number of rotatable bonds is 6. The molecule has 0 unspecified atom stereocenters. The average molecular weight is 243 g/mol. The van der Waals surface area contributed by atoms with Crippen molar-refractivity contribution in [2.45, 2.75) is 39.0 Å². The van der Waals surface area contributed by atoms with Crippen molar-refractivity contribution in [3.05, 3.63) is 42.0 Å². The van der Waals surface area contributed by atoms with Crippen LogP contribution in [0.5, 0.6) is 0 Å². The molecule has 0 saturated carbocycles. The van der Waals surface area contributed by atoms with Crippen molar-refractivity contribution in [1.82, 2.24) is 4.90 Å². The van der Waals surface area contributed by atoms with Crippen LogP contribution in [0.2, 0.25) is 0 Å². The molecule has 1 nitrogen and oxygen atoms in total. The van der Waals surface area contributed by atoms with E-state index in [2.05, 4.69) is 48.2 Å². The first-order chi connectivity index (χ1) is 8.90. The maximum absolute atomic E-state index is 2.59. The van der Waals surface area contributed by atoms with Gasteiger partial charge in [-0.15, -0.1) is 0 Å². The van der Waals surface area contributed by atoms with Crippen molar-refractivity contribution in [2.24, 2.45) is 0 Å². The molecule has 1 heteroatoms. The van der Waals surface area contributed by atoms with Crippen LogP contribution in [0, 0.1) is 0 Å². The standard InChI is InChI=1S/C17H25N/c1-2-3-5-12-17(15-18-13-8-9-14-18)16-10-6-4-7-11-16/h4,6-7,10-12H,2-3,5,8-9,13-15H2,1H3/b17-12-. The normalized spacial score (nSPS) is 17.3. The molecule has 1 saturated heterocycles. The monoisotopic (exact) mass is 243 g/mol. The number of likely N-dealkylation sites (tertiary alicyclic amines) is 1. The van der Waals surface area contributed by atoms with Crippen LogP contribution in [0.4, 0.5) is 0 Å². The van der Waals surface area contributed by atoms with Gasteiger partial charge in [0.1, 0.15) is 0 Å². The predicted octanol–water partition coefficient (Wildman–Crippen LogP) is 4.36. The molecule has 1 aromatic carbocycles. The molecule has 0 N–H and O–H groups in total. The third kappa shape index (κ3) is 3.99. The fraction of sp³-hybridized carbons (Fsp3) is 0.529. The van der Waals surface area contributed by atoms with Gasteiger partial charge in [0.15, 0.2) is 0 Å². The van der Waals surface area contributed by atoms with Gasteiger partial charge in [0.05, 0.1) is 0 Å². The van der Waals surface area contributed by atoms with Gasteiger partial charge >= 0.3 is 0 Å². The third-order valence-electron chi connectivity index (χ3n) is 3.69. The van der Waals surface area contributed by atoms with Crippen molar-refractivity contribution in [1.29, 1.82) is 0 Å². The molecular formula is C17H25N. The Morgan fingerprint density at radius 2 is 1.89 bits per heavy atom. The molecule has 1 aliphatic heterocycles. The first-order valence-corrected chi connectivity index (χ1v) is 7.37. The lowest BCUT2D eigenvalue weighted by Gasteiger charge is -2.17. The van der Waals surface area contributed by atoms with Gasteiger partial charge in [-0.25, -0.2) is 0 Å². The van der Waals surface area contributed by atoms with Gasteiger partial charge in [-0.2, -0.15) is 0 Å². The molecule has 0 radical (unpaired) electrons. The fourth-order valence-electron chi connectivity index (χ4n) is 2.59. The average Bonchev–Trinajstić information content (AvgIpc) is 2.92. The van der Waals surface area contributed by atoms with Crippen molar-refractivity contribution >= 4 is 5.57 Å². The van der Waals surface area contributed by atoms with Gasteiger partial charge in [0.25, 0.3) is 0 Å². The molecule has 1 aromatic rings. The number of hydrogen-bond donors (Lipinski definition) is 0. The van der Waals surface area contributed by atoms with Crippen LogP contribution < -0.4 is 0 Å². The lowest BCUT2D eigenvalue weighted by Crippen LogP contribution is -2.21. The van der Waals surface area contributed by atoms with Crippen molar-refractivity contribution in [3.8, 4) is 0 Å². The Balaban J connectivity index is 2.04. The van der Waals surface area contributed by atoms with Crippen molar-refractivity contribution in [2.75, 3.05) is 19.6 Å². The number of unbranched alkanes of at least 4 members (excludes halogenated alkanes) is 2. The summed E-state index contributed by atoms with van der Waals surface area (Å²) in [7, 11) is 0. The Bertz CT molecular complexity index is 360. The van der Waals surface area contributed by atoms with Crippen LogP contribution in [-0.2, 0) is 0 Å². The molecule has 0 aliphatic carbocycles. The van der Waals surface area contributed by atoms with Crippen molar-refractivity contribution in [3.63, 3.8) is 0 Å². The van der Waals surface area contributed by atoms with E-state index in [-0.39, 0.29) is 0 Å². The maximum Gasteiger partial charge on any atom is 0.0236 e. The van der Waals surface area contributed by atoms with E-state index in [0.717, 1.165) is 6.54 Å². The second-order valence-electron chi connectivity index (χ2n) is 5.22. The number of allylic oxidation sites excluding steroid dienone is 1. The van der Waals surface area contributed by atoms with E-state index in [1.54, 1.807) is 0 Å². The van der Waals surface area contributed by atoms with Crippen LogP contribution in [-0.4, -0.2) is 24.5 Å². The van der Waals surface area contributed by atoms with Gasteiger partial charge < -0.3 is 0 Å². The maximum atomic E-state index is 2.59. The van der Waals surface area contributed by atoms with E-state index < -0.39 is 0 Å². The van der Waals surface area contributed by atoms with E-state index in [9.17, 15) is 0 Å². The van der Waals surface area contributed by atoms with Crippen LogP contribution >= 0.6 is 0 Å². The van der Waals surface area contributed by atoms with Gasteiger partial charge in [0, 0.05) is 6.54 Å². The summed E-state index contributed by atoms with van der Waals surface area (Å²) >= 11 is 0. The molecule has 2 rings (SSSR count). The quantitative estimate of drug-likeness (QED) is 0.671. The number of benzene rings is 1. The molecule has 1 heterocycles. The van der Waals surface area contributed by atoms with Crippen LogP contribution in [0.15, 0.2) is 36.4 Å². The molecular weight excluding hydrogens is 218 g/mol. The molecule has 0 aromatic heterocycles. The molecule has 0 bridgehead atoms. The van der Waals surface area contributed by atoms with E-state index in [4.69, 9.17) is 0 Å². The summed E-state index contributed by atoms with van der Waals surface area (Å²) in [5.41, 5.74) is 2.92. The minimum Gasteiger partial charge on any atom is -0.299 e. The summed E-state index contributed by atoms with van der Waals surface area (Å²) < 4.78 is 0. The minimum atomic E-state index is 1.13. The van der Waals surface area contributed by atoms with Gasteiger partial charge in [0.2, 0.25) is 0 Å². The SMILES string of the molecule is CCCC/C=C(/CN1CCCC1)c1ccccc1. The van der Waals surface area contributed by atoms with Crippen LogP contribution in [0.3, 0.4) is 0 Å². The van der Waals surface area contributed by atoms with Crippen LogP contribution in [0.25, 0.3) is 5.57 Å². The topological polar surface area (TPSA) is 3.24 Å². The summed E-state index contributed by atoms with van der Waals surface area (Å²) in [5.74, 6) is 0. The lowest BCUT2D eigenvalue weighted by atomic mass is 10.0. The van der Waals surface area contributed by atoms with Gasteiger partial charge in [-0.3, -0.25) is 4.90 Å². The highest BCUT2D eigenvalue weighted by Crippen LogP contribution is 2.19. The number of hydrogen-bond acceptors (Lipinski definition) is 1. The molecule has 0 atom stereocenters. The summed E-state index contributed by atoms with van der Waals surface area (Å²) in [6.07, 6.45) is 9.00. The Kier molecular flexibility index (Phi) is 5.47. The first kappa shape index (κ1) is 13.4. The van der Waals surface area contributed by atoms with E-state index in [0.29, 0.717) is 0 Å². The first-order valence-electron chi connectivity index (χ1n) is 7.37. The zero-order chi connectivity index (χ0) is 12.6. The zero-order valence-corrected chi connectivity index (χ0v) is 11.6. The molecule has 1 fully saturated rings. The van der Waals surface area contributed by atoms with E-state index in [1.165, 1.54) is 56.3 Å². The van der Waals surface area contributed by atoms with E-state index >= 15 is 0 Å². The minimum absolute atomic E-state index is 1.13. The van der Waals surface area contributed by atoms with Gasteiger partial charge in [-0.1, -0.05) is 56.2 Å². The Morgan fingerprint density at radius 1 is 1.17 bits per heavy atom. The summed E-state index contributed by atoms with van der Waals surface area (Å²) in [5, 5.41) is 0. The number of nitrogens with zero attached hydrogens (tertiary/aromatic N) is 1. The summed E-state index contributed by atoms with van der Waals surface area (Å²) in [6, 6.07) is 10.9. The fourth-order valence-corrected chi connectivity index (χ4v) is 2.59. The zero-order valence-electron chi connectivity index (χ0n) is 11.6. The Morgan fingerprint density at radius 3 is 2.56 bits per heavy atom. The third-order valence-corrected chi connectivity index (χ3v) is 3.69. The van der Waals surface area contributed by atoms with Crippen LogP contribution in [0.1, 0.15) is 44.6 Å². The van der Waals surface area contributed by atoms with Crippen molar-refractivity contribution < 1.29 is 0 Å². The molecule has 0 spiro atoms. The molecule has 0 amide bonds. The second kappa shape index (κ2) is 7.38. The molecule has 98 valence electrons. The summed E-state index contributed by atoms with van der Waals surface area (Å²) in [4.78, 5) is 2.59. The van der Waals surface area contributed by atoms with Gasteiger partial charge in [-0.05, 0) is 43.5 Å². The summed E-state index contributed by atoms with van der Waals surface area (Å²) in [6.45, 7) is 5.94. The largest absolute Gasteiger partial charge is 0.299 e. The van der Waals surface area contributed by atoms with E-state index in [1.807, 2.05) is 0 Å². The second-order valence-corrected chi connectivity index (χ2v) is 5.22. The Hall–Kier alpha value is -1.08. The molecule has 1 aliphatic rings. The highest BCUT2D eigenvalue weighted by Gasteiger charge is 2.13.